The van der Waals surface area contributed by atoms with Gasteiger partial charge in [-0.05, 0) is 36.6 Å². The van der Waals surface area contributed by atoms with Crippen molar-refractivity contribution < 1.29 is 27.7 Å². The van der Waals surface area contributed by atoms with Crippen molar-refractivity contribution in [3.05, 3.63) is 102 Å². The third-order valence-corrected chi connectivity index (χ3v) is 6.28. The molecule has 2 aromatic carbocycles. The van der Waals surface area contributed by atoms with Gasteiger partial charge in [-0.3, -0.25) is 9.59 Å². The number of sulfonamides is 1. The molecule has 162 valence electrons. The van der Waals surface area contributed by atoms with Crippen LogP contribution in [0.5, 0.6) is 0 Å². The Hall–Kier alpha value is -3.82. The van der Waals surface area contributed by atoms with E-state index in [1.807, 2.05) is 35.2 Å². The maximum Gasteiger partial charge on any atom is 0.340 e. The quantitative estimate of drug-likeness (QED) is 0.439. The lowest BCUT2D eigenvalue weighted by molar-refractivity contribution is -0.581. The van der Waals surface area contributed by atoms with Gasteiger partial charge >= 0.3 is 5.91 Å². The number of carbonyl (C=O) groups excluding carboxylic acids is 2. The molecule has 1 aromatic heterocycles. The van der Waals surface area contributed by atoms with Gasteiger partial charge in [0.2, 0.25) is 0 Å². The standard InChI is InChI=1S/C23H19N3O5S/c1-16-7-9-19(10-8-16)32(30,31)24-26-22(28)20(21(27)23(26)29)25-13-11-18(12-14-25)15-17-5-3-2-4-6-17/h2-14,24H,15H2,1H3. The topological polar surface area (TPSA) is 110 Å². The van der Waals surface area contributed by atoms with Crippen LogP contribution in [0.15, 0.2) is 89.8 Å². The van der Waals surface area contributed by atoms with Crippen LogP contribution >= 0.6 is 0 Å². The molecule has 0 saturated carbocycles. The van der Waals surface area contributed by atoms with Crippen LogP contribution in [0.4, 0.5) is 0 Å². The Kier molecular flexibility index (Phi) is 5.60. The van der Waals surface area contributed by atoms with Crippen LogP contribution in [0.25, 0.3) is 5.70 Å². The number of hydrazine groups is 1. The highest BCUT2D eigenvalue weighted by atomic mass is 32.2. The predicted octanol–water partition coefficient (Wildman–Crippen LogP) is 0.665. The van der Waals surface area contributed by atoms with Gasteiger partial charge in [0.1, 0.15) is 0 Å². The number of aryl methyl sites for hydroxylation is 1. The molecule has 32 heavy (non-hydrogen) atoms. The number of nitrogens with one attached hydrogen (secondary N) is 1. The van der Waals surface area contributed by atoms with E-state index in [-0.39, 0.29) is 9.90 Å². The van der Waals surface area contributed by atoms with Crippen molar-refractivity contribution in [2.45, 2.75) is 18.2 Å². The van der Waals surface area contributed by atoms with Gasteiger partial charge in [0.05, 0.1) is 4.90 Å². The van der Waals surface area contributed by atoms with Crippen LogP contribution in [0.1, 0.15) is 16.7 Å². The lowest BCUT2D eigenvalue weighted by Gasteiger charge is -2.16. The molecule has 2 amide bonds. The average Bonchev–Trinajstić information content (AvgIpc) is 2.98. The molecule has 0 spiro atoms. The minimum atomic E-state index is -4.24. The third-order valence-electron chi connectivity index (χ3n) is 4.97. The minimum absolute atomic E-state index is 0.137. The number of benzene rings is 2. The highest BCUT2D eigenvalue weighted by Gasteiger charge is 2.42. The van der Waals surface area contributed by atoms with Crippen LogP contribution in [0.2, 0.25) is 0 Å². The number of hydrogen-bond acceptors (Lipinski definition) is 5. The summed E-state index contributed by atoms with van der Waals surface area (Å²) in [5.41, 5.74) is 2.43. The Labute approximate surface area is 185 Å². The molecule has 3 aromatic rings. The number of carbonyl (C=O) groups is 2. The number of imide groups is 1. The van der Waals surface area contributed by atoms with Crippen molar-refractivity contribution in [1.29, 1.82) is 0 Å². The van der Waals surface area contributed by atoms with Crippen LogP contribution in [-0.2, 0) is 26.0 Å². The zero-order valence-electron chi connectivity index (χ0n) is 17.1. The largest absolute Gasteiger partial charge is 0.864 e. The monoisotopic (exact) mass is 449 g/mol. The Morgan fingerprint density at radius 2 is 1.47 bits per heavy atom. The predicted molar refractivity (Wildman–Crippen MR) is 112 cm³/mol. The average molecular weight is 449 g/mol. The van der Waals surface area contributed by atoms with E-state index in [0.29, 0.717) is 6.42 Å². The first-order valence-corrected chi connectivity index (χ1v) is 11.2. The SMILES string of the molecule is Cc1ccc(S(=O)(=O)NN2C(=O)C([O-])=C([n+]3ccc(Cc4ccccc4)cc3)C2=O)cc1. The fourth-order valence-electron chi connectivity index (χ4n) is 3.25. The summed E-state index contributed by atoms with van der Waals surface area (Å²) in [6.07, 6.45) is 3.64. The van der Waals surface area contributed by atoms with Crippen LogP contribution in [0, 0.1) is 6.92 Å². The molecule has 9 heteroatoms. The van der Waals surface area contributed by atoms with Gasteiger partial charge in [0, 0.05) is 17.9 Å². The van der Waals surface area contributed by atoms with E-state index in [0.717, 1.165) is 16.7 Å². The molecule has 8 nitrogen and oxygen atoms in total. The van der Waals surface area contributed by atoms with Crippen molar-refractivity contribution in [2.24, 2.45) is 0 Å². The first kappa shape index (κ1) is 21.4. The third kappa shape index (κ3) is 4.16. The Bertz CT molecular complexity index is 1320. The molecule has 0 saturated heterocycles. The van der Waals surface area contributed by atoms with Gasteiger partial charge in [-0.2, -0.15) is 9.58 Å². The molecule has 0 radical (unpaired) electrons. The van der Waals surface area contributed by atoms with Crippen LogP contribution in [0.3, 0.4) is 0 Å². The van der Waals surface area contributed by atoms with Crippen molar-refractivity contribution in [2.75, 3.05) is 0 Å². The summed E-state index contributed by atoms with van der Waals surface area (Å²) in [5, 5.41) is 12.7. The first-order chi connectivity index (χ1) is 15.3. The van der Waals surface area contributed by atoms with E-state index in [1.165, 1.54) is 29.1 Å². The van der Waals surface area contributed by atoms with Crippen LogP contribution in [-0.4, -0.2) is 25.2 Å². The number of nitrogens with zero attached hydrogens (tertiary/aromatic N) is 2. The van der Waals surface area contributed by atoms with Crippen molar-refractivity contribution in [1.82, 2.24) is 9.84 Å². The second-order valence-corrected chi connectivity index (χ2v) is 8.97. The number of rotatable bonds is 6. The molecule has 0 unspecified atom stereocenters. The lowest BCUT2D eigenvalue weighted by atomic mass is 10.1. The van der Waals surface area contributed by atoms with E-state index < -0.39 is 33.3 Å². The fourth-order valence-corrected chi connectivity index (χ4v) is 4.26. The number of aromatic nitrogens is 1. The van der Waals surface area contributed by atoms with Gasteiger partial charge in [0.15, 0.2) is 12.4 Å². The molecular formula is C23H19N3O5S. The zero-order valence-corrected chi connectivity index (χ0v) is 17.9. The molecule has 1 aliphatic rings. The molecular weight excluding hydrogens is 430 g/mol. The van der Waals surface area contributed by atoms with Crippen molar-refractivity contribution >= 4 is 27.5 Å². The van der Waals surface area contributed by atoms with Gasteiger partial charge in [-0.25, -0.2) is 8.42 Å². The summed E-state index contributed by atoms with van der Waals surface area (Å²) in [6, 6.07) is 19.1. The van der Waals surface area contributed by atoms with Gasteiger partial charge < -0.3 is 5.11 Å². The molecule has 0 aliphatic carbocycles. The van der Waals surface area contributed by atoms with Gasteiger partial charge in [-0.1, -0.05) is 48.0 Å². The summed E-state index contributed by atoms with van der Waals surface area (Å²) in [6.45, 7) is 1.79. The summed E-state index contributed by atoms with van der Waals surface area (Å²) in [5.74, 6) is -3.40. The Balaban J connectivity index is 1.55. The normalized spacial score (nSPS) is 14.3. The molecule has 1 N–H and O–H groups in total. The lowest BCUT2D eigenvalue weighted by Crippen LogP contribution is -2.49. The number of hydrogen-bond donors (Lipinski definition) is 1. The summed E-state index contributed by atoms with van der Waals surface area (Å²) in [4.78, 5) is 26.9. The minimum Gasteiger partial charge on any atom is -0.864 e. The van der Waals surface area contributed by atoms with E-state index in [9.17, 15) is 23.1 Å². The number of pyridine rings is 1. The molecule has 4 rings (SSSR count). The Morgan fingerprint density at radius 3 is 2.09 bits per heavy atom. The zero-order chi connectivity index (χ0) is 22.9. The molecule has 0 bridgehead atoms. The van der Waals surface area contributed by atoms with Gasteiger partial charge in [0.25, 0.3) is 21.6 Å². The van der Waals surface area contributed by atoms with Crippen LogP contribution < -0.4 is 14.5 Å². The molecule has 0 atom stereocenters. The highest BCUT2D eigenvalue weighted by Crippen LogP contribution is 2.18. The smallest absolute Gasteiger partial charge is 0.340 e. The second-order valence-electron chi connectivity index (χ2n) is 7.31. The maximum atomic E-state index is 12.8. The van der Waals surface area contributed by atoms with E-state index in [1.54, 1.807) is 31.2 Å². The Morgan fingerprint density at radius 1 is 0.875 bits per heavy atom. The van der Waals surface area contributed by atoms with Crippen molar-refractivity contribution in [3.8, 4) is 0 Å². The second kappa shape index (κ2) is 8.37. The maximum absolute atomic E-state index is 12.8. The molecule has 0 fully saturated rings. The van der Waals surface area contributed by atoms with Crippen molar-refractivity contribution in [3.63, 3.8) is 0 Å². The highest BCUT2D eigenvalue weighted by molar-refractivity contribution is 7.89. The fraction of sp³-hybridized carbons (Fsp3) is 0.0870. The summed E-state index contributed by atoms with van der Waals surface area (Å²) in [7, 11) is -4.24. The molecule has 1 aliphatic heterocycles. The summed E-state index contributed by atoms with van der Waals surface area (Å²) < 4.78 is 26.4. The number of amides is 2. The molecule has 2 heterocycles. The van der Waals surface area contributed by atoms with E-state index >= 15 is 0 Å². The van der Waals surface area contributed by atoms with Gasteiger partial charge in [-0.15, -0.1) is 4.83 Å². The van der Waals surface area contributed by atoms with E-state index in [2.05, 4.69) is 0 Å². The first-order valence-electron chi connectivity index (χ1n) is 9.70. The van der Waals surface area contributed by atoms with E-state index in [4.69, 9.17) is 0 Å². The summed E-state index contributed by atoms with van der Waals surface area (Å²) >= 11 is 0.